The summed E-state index contributed by atoms with van der Waals surface area (Å²) in [6, 6.07) is 0.764. The molecule has 2 N–H and O–H groups in total. The molecule has 0 radical (unpaired) electrons. The average Bonchev–Trinajstić information content (AvgIpc) is 2.28. The van der Waals surface area contributed by atoms with Crippen LogP contribution >= 0.6 is 0 Å². The Bertz CT molecular complexity index is 416. The predicted octanol–water partition coefficient (Wildman–Crippen LogP) is 1.10. The zero-order valence-electron chi connectivity index (χ0n) is 12.0. The molecule has 0 fully saturated rings. The van der Waals surface area contributed by atoms with Crippen LogP contribution in [0.25, 0.3) is 0 Å². The van der Waals surface area contributed by atoms with Crippen LogP contribution in [0.1, 0.15) is 34.6 Å². The molecule has 1 amide bonds. The summed E-state index contributed by atoms with van der Waals surface area (Å²) in [6.45, 7) is 9.76. The molecular weight excluding hydrogens is 246 g/mol. The van der Waals surface area contributed by atoms with Gasteiger partial charge in [-0.05, 0) is 34.6 Å². The van der Waals surface area contributed by atoms with Crippen LogP contribution < -0.4 is 5.32 Å². The van der Waals surface area contributed by atoms with E-state index in [2.05, 4.69) is 5.32 Å². The van der Waals surface area contributed by atoms with Gasteiger partial charge < -0.3 is 15.3 Å². The Morgan fingerprint density at radius 2 is 2.00 bits per heavy atom. The van der Waals surface area contributed by atoms with E-state index in [0.717, 1.165) is 0 Å². The number of carbonyl (C=O) groups excluding carboxylic acids is 1. The average molecular weight is 267 g/mol. The maximum atomic E-state index is 11.8. The molecule has 0 spiro atoms. The molecule has 0 saturated heterocycles. The molecule has 0 bridgehead atoms. The van der Waals surface area contributed by atoms with Crippen molar-refractivity contribution in [2.75, 3.05) is 6.54 Å². The molecule has 1 atom stereocenters. The standard InChI is InChI=1S/C13H21N3O3/c1-6-16(13(3,4)5)8-10(7-14)11(17)15-9(2)12(18)19/h8-9H,6H2,1-5H3,(H,15,17)(H,18,19)/b10-8-. The third kappa shape index (κ3) is 5.42. The normalized spacial score (nSPS) is 13.4. The summed E-state index contributed by atoms with van der Waals surface area (Å²) >= 11 is 0. The lowest BCUT2D eigenvalue weighted by atomic mass is 10.1. The minimum Gasteiger partial charge on any atom is -0.480 e. The zero-order valence-corrected chi connectivity index (χ0v) is 12.0. The van der Waals surface area contributed by atoms with Crippen LogP contribution in [0.3, 0.4) is 0 Å². The molecule has 0 aliphatic carbocycles. The minimum atomic E-state index is -1.14. The van der Waals surface area contributed by atoms with Gasteiger partial charge in [-0.1, -0.05) is 0 Å². The molecule has 6 nitrogen and oxygen atoms in total. The summed E-state index contributed by atoms with van der Waals surface area (Å²) in [7, 11) is 0. The Morgan fingerprint density at radius 1 is 1.47 bits per heavy atom. The van der Waals surface area contributed by atoms with Crippen molar-refractivity contribution in [3.63, 3.8) is 0 Å². The number of nitrogens with zero attached hydrogens (tertiary/aromatic N) is 2. The Balaban J connectivity index is 5.06. The maximum absolute atomic E-state index is 11.8. The summed E-state index contributed by atoms with van der Waals surface area (Å²) in [5.74, 6) is -1.83. The van der Waals surface area contributed by atoms with E-state index in [1.54, 1.807) is 6.07 Å². The van der Waals surface area contributed by atoms with E-state index in [0.29, 0.717) is 6.54 Å². The molecule has 106 valence electrons. The molecule has 0 aromatic rings. The molecule has 0 saturated carbocycles. The molecule has 0 rings (SSSR count). The molecule has 0 heterocycles. The number of hydrogen-bond acceptors (Lipinski definition) is 4. The van der Waals surface area contributed by atoms with Gasteiger partial charge in [0.25, 0.3) is 5.91 Å². The molecule has 0 aliphatic heterocycles. The first-order chi connectivity index (χ1) is 8.63. The number of nitrogens with one attached hydrogen (secondary N) is 1. The van der Waals surface area contributed by atoms with Gasteiger partial charge in [-0.2, -0.15) is 5.26 Å². The zero-order chi connectivity index (χ0) is 15.2. The lowest BCUT2D eigenvalue weighted by Gasteiger charge is -2.33. The van der Waals surface area contributed by atoms with Crippen LogP contribution in [-0.2, 0) is 9.59 Å². The van der Waals surface area contributed by atoms with E-state index in [1.165, 1.54) is 13.1 Å². The van der Waals surface area contributed by atoms with Gasteiger partial charge in [0, 0.05) is 18.3 Å². The van der Waals surface area contributed by atoms with Crippen LogP contribution in [0.5, 0.6) is 0 Å². The van der Waals surface area contributed by atoms with Gasteiger partial charge in [-0.3, -0.25) is 9.59 Å². The number of hydrogen-bond donors (Lipinski definition) is 2. The fraction of sp³-hybridized carbons (Fsp3) is 0.615. The maximum Gasteiger partial charge on any atom is 0.325 e. The summed E-state index contributed by atoms with van der Waals surface area (Å²) in [6.07, 6.45) is 1.46. The van der Waals surface area contributed by atoms with Gasteiger partial charge in [-0.15, -0.1) is 0 Å². The number of amides is 1. The van der Waals surface area contributed by atoms with Gasteiger partial charge in [0.05, 0.1) is 0 Å². The van der Waals surface area contributed by atoms with Crippen LogP contribution in [0.15, 0.2) is 11.8 Å². The number of rotatable bonds is 5. The van der Waals surface area contributed by atoms with Crippen LogP contribution in [0.4, 0.5) is 0 Å². The second-order valence-corrected chi connectivity index (χ2v) is 5.14. The van der Waals surface area contributed by atoms with E-state index in [-0.39, 0.29) is 11.1 Å². The number of aliphatic carboxylic acids is 1. The molecule has 1 unspecified atom stereocenters. The Morgan fingerprint density at radius 3 is 2.32 bits per heavy atom. The van der Waals surface area contributed by atoms with Crippen molar-refractivity contribution < 1.29 is 14.7 Å². The van der Waals surface area contributed by atoms with Crippen molar-refractivity contribution in [2.24, 2.45) is 0 Å². The van der Waals surface area contributed by atoms with E-state index in [1.807, 2.05) is 32.6 Å². The fourth-order valence-corrected chi connectivity index (χ4v) is 1.39. The SMILES string of the molecule is CCN(/C=C(/C#N)C(=O)NC(C)C(=O)O)C(C)(C)C. The second-order valence-electron chi connectivity index (χ2n) is 5.14. The van der Waals surface area contributed by atoms with Crippen LogP contribution in [-0.4, -0.2) is 40.0 Å². The third-order valence-corrected chi connectivity index (χ3v) is 2.57. The number of carboxylic acids is 1. The fourth-order valence-electron chi connectivity index (χ4n) is 1.39. The highest BCUT2D eigenvalue weighted by Crippen LogP contribution is 2.14. The molecule has 19 heavy (non-hydrogen) atoms. The lowest BCUT2D eigenvalue weighted by Crippen LogP contribution is -2.41. The molecule has 6 heteroatoms. The molecule has 0 aromatic heterocycles. The Kier molecular flexibility index (Phi) is 6.06. The van der Waals surface area contributed by atoms with Crippen molar-refractivity contribution in [3.8, 4) is 6.07 Å². The summed E-state index contributed by atoms with van der Waals surface area (Å²) < 4.78 is 0. The summed E-state index contributed by atoms with van der Waals surface area (Å²) in [4.78, 5) is 24.3. The molecular formula is C13H21N3O3. The van der Waals surface area contributed by atoms with Gasteiger partial charge in [0.1, 0.15) is 17.7 Å². The first-order valence-corrected chi connectivity index (χ1v) is 6.05. The quantitative estimate of drug-likeness (QED) is 0.574. The van der Waals surface area contributed by atoms with Crippen molar-refractivity contribution in [1.82, 2.24) is 10.2 Å². The van der Waals surface area contributed by atoms with Crippen molar-refractivity contribution in [2.45, 2.75) is 46.2 Å². The van der Waals surface area contributed by atoms with Crippen molar-refractivity contribution >= 4 is 11.9 Å². The second kappa shape index (κ2) is 6.78. The van der Waals surface area contributed by atoms with Crippen molar-refractivity contribution in [3.05, 3.63) is 11.8 Å². The Hall–Kier alpha value is -2.03. The monoisotopic (exact) mass is 267 g/mol. The van der Waals surface area contributed by atoms with Crippen LogP contribution in [0.2, 0.25) is 0 Å². The van der Waals surface area contributed by atoms with Gasteiger partial charge in [0.2, 0.25) is 0 Å². The lowest BCUT2D eigenvalue weighted by molar-refractivity contribution is -0.140. The first kappa shape index (κ1) is 17.0. The number of nitriles is 1. The van der Waals surface area contributed by atoms with E-state index in [9.17, 15) is 9.59 Å². The summed E-state index contributed by atoms with van der Waals surface area (Å²) in [5.41, 5.74) is -0.333. The highest BCUT2D eigenvalue weighted by Gasteiger charge is 2.21. The highest BCUT2D eigenvalue weighted by atomic mass is 16.4. The van der Waals surface area contributed by atoms with E-state index in [4.69, 9.17) is 10.4 Å². The molecule has 0 aromatic carbocycles. The minimum absolute atomic E-state index is 0.107. The summed E-state index contributed by atoms with van der Waals surface area (Å²) in [5, 5.41) is 20.0. The Labute approximate surface area is 113 Å². The molecule has 0 aliphatic rings. The first-order valence-electron chi connectivity index (χ1n) is 6.05. The third-order valence-electron chi connectivity index (χ3n) is 2.57. The predicted molar refractivity (Wildman–Crippen MR) is 71.1 cm³/mol. The van der Waals surface area contributed by atoms with Gasteiger partial charge >= 0.3 is 5.97 Å². The number of carbonyl (C=O) groups is 2. The van der Waals surface area contributed by atoms with Crippen LogP contribution in [0, 0.1) is 11.3 Å². The van der Waals surface area contributed by atoms with Gasteiger partial charge in [0.15, 0.2) is 0 Å². The van der Waals surface area contributed by atoms with Crippen molar-refractivity contribution in [1.29, 1.82) is 5.26 Å². The topological polar surface area (TPSA) is 93.4 Å². The van der Waals surface area contributed by atoms with E-state index < -0.39 is 17.9 Å². The van der Waals surface area contributed by atoms with E-state index >= 15 is 0 Å². The van der Waals surface area contributed by atoms with Gasteiger partial charge in [-0.25, -0.2) is 0 Å². The largest absolute Gasteiger partial charge is 0.480 e. The smallest absolute Gasteiger partial charge is 0.325 e. The number of carboxylic acid groups (broad SMARTS) is 1. The highest BCUT2D eigenvalue weighted by molar-refractivity contribution is 5.99.